The lowest BCUT2D eigenvalue weighted by atomic mass is 10.3. The van der Waals surface area contributed by atoms with Crippen LogP contribution in [0, 0.1) is 0 Å². The summed E-state index contributed by atoms with van der Waals surface area (Å²) in [5.41, 5.74) is 0.422. The van der Waals surface area contributed by atoms with Crippen LogP contribution in [0.4, 0.5) is 0 Å². The zero-order valence-electron chi connectivity index (χ0n) is 14.4. The number of nitrogens with one attached hydrogen (secondary N) is 1. The molecule has 0 unspecified atom stereocenters. The monoisotopic (exact) mass is 377 g/mol. The number of imidazole rings is 1. The fourth-order valence-corrected chi connectivity index (χ4v) is 3.91. The molecule has 26 heavy (non-hydrogen) atoms. The van der Waals surface area contributed by atoms with Crippen LogP contribution in [-0.4, -0.2) is 33.6 Å². The number of aryl methyl sites for hydroxylation is 2. The molecular weight excluding hydrogens is 358 g/mol. The predicted molar refractivity (Wildman–Crippen MR) is 96.5 cm³/mol. The Kier molecular flexibility index (Phi) is 4.79. The number of para-hydroxylation sites is 2. The summed E-state index contributed by atoms with van der Waals surface area (Å²) in [4.78, 5) is 27.6. The van der Waals surface area contributed by atoms with Crippen LogP contribution >= 0.6 is 0 Å². The number of hydrogen-bond acceptors (Lipinski definition) is 5. The molecule has 0 aliphatic carbocycles. The van der Waals surface area contributed by atoms with Crippen molar-refractivity contribution in [1.29, 1.82) is 0 Å². The molecule has 0 aliphatic rings. The van der Waals surface area contributed by atoms with E-state index in [1.54, 1.807) is 6.33 Å². The number of hydrogen-bond donors (Lipinski definition) is 1. The molecule has 1 aromatic carbocycles. The molecule has 0 atom stereocenters. The summed E-state index contributed by atoms with van der Waals surface area (Å²) in [5.74, 6) is 0. The van der Waals surface area contributed by atoms with Gasteiger partial charge in [-0.25, -0.2) is 22.9 Å². The number of benzene rings is 1. The highest BCUT2D eigenvalue weighted by molar-refractivity contribution is 7.89. The molecule has 3 aromatic rings. The first kappa shape index (κ1) is 18.1. The van der Waals surface area contributed by atoms with Crippen LogP contribution in [0.25, 0.3) is 11.0 Å². The van der Waals surface area contributed by atoms with Crippen molar-refractivity contribution in [2.24, 2.45) is 14.1 Å². The molecule has 3 rings (SSSR count). The van der Waals surface area contributed by atoms with E-state index in [0.29, 0.717) is 13.0 Å². The van der Waals surface area contributed by atoms with Gasteiger partial charge in [0.05, 0.1) is 17.4 Å². The molecule has 10 heteroatoms. The first-order valence-electron chi connectivity index (χ1n) is 7.97. The summed E-state index contributed by atoms with van der Waals surface area (Å²) in [6, 6.07) is 7.67. The van der Waals surface area contributed by atoms with Crippen molar-refractivity contribution in [3.05, 3.63) is 57.6 Å². The average Bonchev–Trinajstić information content (AvgIpc) is 3.03. The molecule has 0 saturated carbocycles. The van der Waals surface area contributed by atoms with E-state index in [-0.39, 0.29) is 6.54 Å². The van der Waals surface area contributed by atoms with Crippen molar-refractivity contribution >= 4 is 21.1 Å². The number of nitrogens with zero attached hydrogens (tertiary/aromatic N) is 4. The minimum atomic E-state index is -4.00. The van der Waals surface area contributed by atoms with Crippen LogP contribution < -0.4 is 16.0 Å². The van der Waals surface area contributed by atoms with Gasteiger partial charge in [0.1, 0.15) is 0 Å². The zero-order valence-corrected chi connectivity index (χ0v) is 15.2. The Morgan fingerprint density at radius 3 is 2.65 bits per heavy atom. The summed E-state index contributed by atoms with van der Waals surface area (Å²) in [6.45, 7) is 0.731. The largest absolute Gasteiger partial charge is 0.331 e. The second-order valence-corrected chi connectivity index (χ2v) is 7.66. The van der Waals surface area contributed by atoms with Crippen LogP contribution in [0.2, 0.25) is 0 Å². The third-order valence-electron chi connectivity index (χ3n) is 4.10. The Bertz CT molecular complexity index is 1170. The van der Waals surface area contributed by atoms with E-state index in [4.69, 9.17) is 0 Å². The molecule has 0 fully saturated rings. The fourth-order valence-electron chi connectivity index (χ4n) is 2.68. The van der Waals surface area contributed by atoms with Crippen LogP contribution in [0.5, 0.6) is 0 Å². The van der Waals surface area contributed by atoms with Gasteiger partial charge in [-0.15, -0.1) is 0 Å². The highest BCUT2D eigenvalue weighted by Gasteiger charge is 2.20. The topological polar surface area (TPSA) is 108 Å². The van der Waals surface area contributed by atoms with Gasteiger partial charge in [0, 0.05) is 33.4 Å². The lowest BCUT2D eigenvalue weighted by Gasteiger charge is -2.09. The van der Waals surface area contributed by atoms with Gasteiger partial charge in [-0.1, -0.05) is 12.1 Å². The van der Waals surface area contributed by atoms with Crippen molar-refractivity contribution < 1.29 is 8.42 Å². The Morgan fingerprint density at radius 2 is 1.88 bits per heavy atom. The van der Waals surface area contributed by atoms with Gasteiger partial charge >= 0.3 is 5.69 Å². The van der Waals surface area contributed by atoms with E-state index in [1.165, 1.54) is 14.1 Å². The first-order chi connectivity index (χ1) is 12.3. The van der Waals surface area contributed by atoms with Gasteiger partial charge in [0.25, 0.3) is 5.56 Å². The molecule has 0 saturated heterocycles. The number of sulfonamides is 1. The van der Waals surface area contributed by atoms with E-state index in [0.717, 1.165) is 26.4 Å². The van der Waals surface area contributed by atoms with Crippen LogP contribution in [-0.2, 0) is 30.7 Å². The third-order valence-corrected chi connectivity index (χ3v) is 5.54. The van der Waals surface area contributed by atoms with Crippen LogP contribution in [0.3, 0.4) is 0 Å². The van der Waals surface area contributed by atoms with Crippen LogP contribution in [0.15, 0.2) is 51.3 Å². The molecule has 0 aliphatic heterocycles. The average molecular weight is 377 g/mol. The zero-order chi connectivity index (χ0) is 18.9. The quantitative estimate of drug-likeness (QED) is 0.599. The molecule has 1 N–H and O–H groups in total. The lowest BCUT2D eigenvalue weighted by molar-refractivity contribution is 0.562. The fraction of sp³-hybridized carbons (Fsp3) is 0.312. The molecule has 2 aromatic heterocycles. The van der Waals surface area contributed by atoms with Gasteiger partial charge in [-0.05, 0) is 18.6 Å². The number of rotatable bonds is 6. The minimum Gasteiger partial charge on any atom is -0.331 e. The van der Waals surface area contributed by atoms with Gasteiger partial charge in [0.15, 0.2) is 4.90 Å². The minimum absolute atomic E-state index is 0.154. The van der Waals surface area contributed by atoms with E-state index in [1.807, 2.05) is 28.8 Å². The normalized spacial score (nSPS) is 11.9. The van der Waals surface area contributed by atoms with Crippen molar-refractivity contribution in [1.82, 2.24) is 23.4 Å². The Morgan fingerprint density at radius 1 is 1.15 bits per heavy atom. The van der Waals surface area contributed by atoms with E-state index >= 15 is 0 Å². The highest BCUT2D eigenvalue weighted by atomic mass is 32.2. The maximum Gasteiger partial charge on any atom is 0.330 e. The van der Waals surface area contributed by atoms with E-state index < -0.39 is 26.2 Å². The molecule has 0 spiro atoms. The summed E-state index contributed by atoms with van der Waals surface area (Å²) in [7, 11) is -1.37. The van der Waals surface area contributed by atoms with Crippen LogP contribution in [0.1, 0.15) is 6.42 Å². The molecule has 0 bridgehead atoms. The summed E-state index contributed by atoms with van der Waals surface area (Å²) < 4.78 is 30.9. The third kappa shape index (κ3) is 3.33. The van der Waals surface area contributed by atoms with Crippen molar-refractivity contribution in [3.8, 4) is 0 Å². The maximum atomic E-state index is 12.4. The second-order valence-electron chi connectivity index (χ2n) is 5.93. The first-order valence-corrected chi connectivity index (χ1v) is 9.46. The Labute approximate surface area is 149 Å². The van der Waals surface area contributed by atoms with Gasteiger partial charge < -0.3 is 9.13 Å². The van der Waals surface area contributed by atoms with E-state index in [9.17, 15) is 18.0 Å². The lowest BCUT2D eigenvalue weighted by Crippen LogP contribution is -2.41. The Balaban J connectivity index is 1.70. The molecular formula is C16H19N5O4S. The second kappa shape index (κ2) is 6.89. The number of fused-ring (bicyclic) bond motifs is 1. The smallest absolute Gasteiger partial charge is 0.330 e. The van der Waals surface area contributed by atoms with Gasteiger partial charge in [-0.2, -0.15) is 0 Å². The standard InChI is InChI=1S/C16H19N5O4S/c1-19-10-14(15(22)20(2)16(19)23)26(24,25)18-8-5-9-21-11-17-12-6-3-4-7-13(12)21/h3-4,6-7,10-11,18H,5,8-9H2,1-2H3. The van der Waals surface area contributed by atoms with E-state index in [2.05, 4.69) is 9.71 Å². The molecule has 9 nitrogen and oxygen atoms in total. The maximum absolute atomic E-state index is 12.4. The van der Waals surface area contributed by atoms with Crippen molar-refractivity contribution in [2.75, 3.05) is 6.54 Å². The summed E-state index contributed by atoms with van der Waals surface area (Å²) in [6.07, 6.45) is 3.27. The molecule has 138 valence electrons. The SMILES string of the molecule is Cn1cc(S(=O)(=O)NCCCn2cnc3ccccc32)c(=O)n(C)c1=O. The summed E-state index contributed by atoms with van der Waals surface area (Å²) >= 11 is 0. The highest BCUT2D eigenvalue weighted by Crippen LogP contribution is 2.12. The van der Waals surface area contributed by atoms with Crippen molar-refractivity contribution in [3.63, 3.8) is 0 Å². The van der Waals surface area contributed by atoms with Gasteiger partial charge in [-0.3, -0.25) is 9.36 Å². The summed E-state index contributed by atoms with van der Waals surface area (Å²) in [5, 5.41) is 0. The number of aromatic nitrogens is 4. The van der Waals surface area contributed by atoms with Gasteiger partial charge in [0.2, 0.25) is 10.0 Å². The molecule has 0 radical (unpaired) electrons. The molecule has 0 amide bonds. The molecule has 2 heterocycles. The van der Waals surface area contributed by atoms with Crippen molar-refractivity contribution in [2.45, 2.75) is 17.9 Å². The predicted octanol–water partition coefficient (Wildman–Crippen LogP) is -0.198. The Hall–Kier alpha value is -2.72.